The summed E-state index contributed by atoms with van der Waals surface area (Å²) in [6.07, 6.45) is 10.0. The van der Waals surface area contributed by atoms with Gasteiger partial charge in [-0.1, -0.05) is 0 Å². The van der Waals surface area contributed by atoms with E-state index in [9.17, 15) is 0 Å². The summed E-state index contributed by atoms with van der Waals surface area (Å²) in [5, 5.41) is 0. The van der Waals surface area contributed by atoms with E-state index in [2.05, 4.69) is 120 Å². The molecule has 0 radical (unpaired) electrons. The molecule has 0 bridgehead atoms. The molecular formula is C26H32Cl2SiZr. The predicted octanol–water partition coefficient (Wildman–Crippen LogP) is 6.11. The Morgan fingerprint density at radius 3 is 1.20 bits per heavy atom. The van der Waals surface area contributed by atoms with Gasteiger partial charge < -0.3 is 0 Å². The van der Waals surface area contributed by atoms with E-state index < -0.39 is 17.4 Å². The fraction of sp³-hybridized carbons (Fsp3) is 0.231. The zero-order valence-electron chi connectivity index (χ0n) is 18.3. The van der Waals surface area contributed by atoms with Crippen LogP contribution in [0.5, 0.6) is 0 Å². The monoisotopic (exact) mass is 532 g/mol. The molecule has 2 unspecified atom stereocenters. The first-order chi connectivity index (χ1) is 13.4. The van der Waals surface area contributed by atoms with Gasteiger partial charge in [0.25, 0.3) is 0 Å². The van der Waals surface area contributed by atoms with Gasteiger partial charge in [-0.2, -0.15) is 0 Å². The maximum absolute atomic E-state index is 3.92. The van der Waals surface area contributed by atoms with E-state index in [1.54, 1.807) is 6.54 Å². The molecule has 0 spiro atoms. The average molecular weight is 535 g/mol. The Kier molecular flexibility index (Phi) is 7.85. The Labute approximate surface area is 196 Å². The van der Waals surface area contributed by atoms with Gasteiger partial charge in [0, 0.05) is 0 Å². The van der Waals surface area contributed by atoms with Crippen molar-refractivity contribution < 1.29 is 17.4 Å². The molecule has 0 aromatic heterocycles. The summed E-state index contributed by atoms with van der Waals surface area (Å²) in [7, 11) is 0. The Morgan fingerprint density at radius 2 is 0.933 bits per heavy atom. The molecule has 0 saturated carbocycles. The van der Waals surface area contributed by atoms with E-state index in [4.69, 9.17) is 0 Å². The van der Waals surface area contributed by atoms with Crippen LogP contribution < -0.4 is 6.54 Å². The number of benzene rings is 2. The third-order valence-electron chi connectivity index (χ3n) is 7.08. The third-order valence-corrected chi connectivity index (χ3v) is 35.5. The van der Waals surface area contributed by atoms with Crippen LogP contribution in [-0.2, 0) is 17.4 Å². The molecule has 2 atom stereocenters. The van der Waals surface area contributed by atoms with Gasteiger partial charge in [0.05, 0.1) is 0 Å². The van der Waals surface area contributed by atoms with Crippen LogP contribution in [0, 0.1) is 0 Å². The van der Waals surface area contributed by atoms with Gasteiger partial charge in [0.1, 0.15) is 0 Å². The number of rotatable bonds is 4. The van der Waals surface area contributed by atoms with Gasteiger partial charge in [-0.15, -0.1) is 24.8 Å². The molecule has 0 heterocycles. The molecule has 0 saturated heterocycles. The number of allylic oxidation sites excluding steroid dienone is 8. The Hall–Kier alpha value is -0.920. The van der Waals surface area contributed by atoms with Gasteiger partial charge in [-0.05, 0) is 0 Å². The van der Waals surface area contributed by atoms with Crippen LogP contribution >= 0.6 is 24.8 Å². The number of halogens is 2. The quantitative estimate of drug-likeness (QED) is 0.416. The summed E-state index contributed by atoms with van der Waals surface area (Å²) in [5.74, 6) is 0. The van der Waals surface area contributed by atoms with Crippen molar-refractivity contribution in [1.82, 2.24) is 0 Å². The normalized spacial score (nSPS) is 21.0. The second kappa shape index (κ2) is 9.29. The fourth-order valence-corrected chi connectivity index (χ4v) is 32.7. The Balaban J connectivity index is 0.00000160. The van der Waals surface area contributed by atoms with Crippen molar-refractivity contribution in [2.75, 3.05) is 0 Å². The van der Waals surface area contributed by atoms with Gasteiger partial charge in [-0.25, -0.2) is 0 Å². The summed E-state index contributed by atoms with van der Waals surface area (Å²) < 4.78 is 4.22. The fourth-order valence-electron chi connectivity index (χ4n) is 5.95. The molecule has 0 amide bonds. The topological polar surface area (TPSA) is 0 Å². The second-order valence-corrected chi connectivity index (χ2v) is 31.8. The molecule has 0 fully saturated rings. The van der Waals surface area contributed by atoms with Crippen LogP contribution in [0.4, 0.5) is 0 Å². The van der Waals surface area contributed by atoms with E-state index >= 15 is 0 Å². The van der Waals surface area contributed by atoms with Crippen molar-refractivity contribution in [3.63, 3.8) is 0 Å². The molecule has 2 aromatic carbocycles. The van der Waals surface area contributed by atoms with Crippen LogP contribution in [0.25, 0.3) is 0 Å². The zero-order valence-corrected chi connectivity index (χ0v) is 23.8. The van der Waals surface area contributed by atoms with Crippen LogP contribution in [0.1, 0.15) is 27.7 Å². The van der Waals surface area contributed by atoms with Crippen molar-refractivity contribution in [3.8, 4) is 0 Å². The molecule has 2 aliphatic carbocycles. The molecule has 2 aromatic rings. The van der Waals surface area contributed by atoms with Crippen molar-refractivity contribution in [2.45, 2.75) is 34.9 Å². The van der Waals surface area contributed by atoms with E-state index in [0.717, 1.165) is 0 Å². The van der Waals surface area contributed by atoms with Gasteiger partial charge in [0.15, 0.2) is 0 Å². The van der Waals surface area contributed by atoms with E-state index in [1.165, 1.54) is 22.3 Å². The first kappa shape index (κ1) is 25.3. The largest absolute Gasteiger partial charge is 0.147 e. The van der Waals surface area contributed by atoms with Crippen LogP contribution in [0.3, 0.4) is 0 Å². The summed E-state index contributed by atoms with van der Waals surface area (Å²) >= 11 is -3.92. The standard InChI is InChI=1S/2C7H9.2C6H5.2ClH.H2Si.Zr/c2*1-6-3-4-7(2)5-6;2*1-2-4-6-5-3-1;;;;/h2*3-5H,1-2H3;2*1-5H;2*1H;1H2;. The minimum absolute atomic E-state index is 0. The van der Waals surface area contributed by atoms with E-state index in [0.29, 0.717) is 7.25 Å². The predicted molar refractivity (Wildman–Crippen MR) is 138 cm³/mol. The first-order valence-corrected chi connectivity index (χ1v) is 21.4. The second-order valence-electron chi connectivity index (χ2n) is 8.92. The molecule has 0 nitrogen and oxygen atoms in total. The SMILES string of the molecule is CC1=C[CH]([Zr](=[SiH2])([c]2ccccc2)([c]2ccccc2)[CH]2C=C(C)C=C2C)C(C)=C1.Cl.Cl. The minimum Gasteiger partial charge on any atom is -0.147 e. The molecule has 0 aliphatic heterocycles. The van der Waals surface area contributed by atoms with Crippen molar-refractivity contribution >= 4 is 38.2 Å². The van der Waals surface area contributed by atoms with Crippen LogP contribution in [0.2, 0.25) is 7.25 Å². The smallest absolute Gasteiger partial charge is 0.147 e. The molecule has 158 valence electrons. The first-order valence-electron chi connectivity index (χ1n) is 10.2. The summed E-state index contributed by atoms with van der Waals surface area (Å²) in [6, 6.07) is 23.0. The van der Waals surface area contributed by atoms with E-state index in [-0.39, 0.29) is 24.8 Å². The third kappa shape index (κ3) is 3.65. The molecule has 0 N–H and O–H groups in total. The van der Waals surface area contributed by atoms with Crippen molar-refractivity contribution in [3.05, 3.63) is 107 Å². The van der Waals surface area contributed by atoms with Crippen LogP contribution in [-0.4, -0.2) is 6.88 Å². The molecule has 4 rings (SSSR count). The zero-order chi connectivity index (χ0) is 20.0. The summed E-state index contributed by atoms with van der Waals surface area (Å²) in [6.45, 7) is 11.7. The molecule has 2 aliphatic rings. The molecule has 4 heteroatoms. The summed E-state index contributed by atoms with van der Waals surface area (Å²) in [4.78, 5) is 0. The van der Waals surface area contributed by atoms with Gasteiger partial charge in [0.2, 0.25) is 0 Å². The maximum Gasteiger partial charge on any atom is -0.147 e. The number of hydrogen-bond acceptors (Lipinski definition) is 0. The van der Waals surface area contributed by atoms with Gasteiger partial charge >= 0.3 is 173 Å². The Morgan fingerprint density at radius 1 is 0.600 bits per heavy atom. The summed E-state index contributed by atoms with van der Waals surface area (Å²) in [5.41, 5.74) is 5.91. The number of hydrogen-bond donors (Lipinski definition) is 0. The Bertz CT molecular complexity index is 1020. The maximum atomic E-state index is 2.59. The minimum atomic E-state index is -3.92. The van der Waals surface area contributed by atoms with Crippen molar-refractivity contribution in [2.24, 2.45) is 0 Å². The van der Waals surface area contributed by atoms with Crippen LogP contribution in [0.15, 0.2) is 107 Å². The molecular weight excluding hydrogens is 503 g/mol. The molecule has 30 heavy (non-hydrogen) atoms. The van der Waals surface area contributed by atoms with E-state index in [1.807, 2.05) is 0 Å². The van der Waals surface area contributed by atoms with Gasteiger partial charge in [-0.3, -0.25) is 0 Å². The average Bonchev–Trinajstić information content (AvgIpc) is 3.23. The van der Waals surface area contributed by atoms with Crippen molar-refractivity contribution in [1.29, 1.82) is 0 Å².